The maximum absolute atomic E-state index is 10.2. The predicted octanol–water partition coefficient (Wildman–Crippen LogP) is 4.40. The third-order valence-corrected chi connectivity index (χ3v) is 3.54. The number of unbranched alkanes of at least 4 members (excludes halogenated alkanes) is 10. The van der Waals surface area contributed by atoms with Gasteiger partial charge in [0.2, 0.25) is 0 Å². The van der Waals surface area contributed by atoms with Crippen LogP contribution >= 0.6 is 0 Å². The van der Waals surface area contributed by atoms with E-state index < -0.39 is 12.1 Å². The minimum absolute atomic E-state index is 0.224. The molecule has 1 atom stereocenters. The van der Waals surface area contributed by atoms with E-state index in [4.69, 9.17) is 0 Å². The summed E-state index contributed by atoms with van der Waals surface area (Å²) < 4.78 is 0. The van der Waals surface area contributed by atoms with Crippen molar-refractivity contribution in [3.8, 4) is 0 Å². The van der Waals surface area contributed by atoms with Crippen LogP contribution in [0, 0.1) is 0 Å². The van der Waals surface area contributed by atoms with Gasteiger partial charge in [-0.1, -0.05) is 77.6 Å². The standard InChI is InChI=1S/C16H31O3/c1-2-3-4-5-6-7-8-9-10-11-12-13-15(17)14-16(18)19/h15,17H,2-14H2,1H3/t15-/m1/s1. The van der Waals surface area contributed by atoms with Crippen LogP contribution in [0.3, 0.4) is 0 Å². The molecular weight excluding hydrogens is 240 g/mol. The molecule has 0 bridgehead atoms. The van der Waals surface area contributed by atoms with Gasteiger partial charge in [-0.15, -0.1) is 0 Å². The predicted molar refractivity (Wildman–Crippen MR) is 77.4 cm³/mol. The van der Waals surface area contributed by atoms with Crippen LogP contribution in [-0.4, -0.2) is 17.2 Å². The third kappa shape index (κ3) is 15.4. The molecule has 0 aliphatic rings. The van der Waals surface area contributed by atoms with Crippen LogP contribution in [0.4, 0.5) is 0 Å². The molecule has 0 saturated carbocycles. The molecule has 0 rings (SSSR count). The Morgan fingerprint density at radius 1 is 0.842 bits per heavy atom. The second-order valence-electron chi connectivity index (χ2n) is 5.55. The zero-order valence-corrected chi connectivity index (χ0v) is 12.5. The van der Waals surface area contributed by atoms with Crippen LogP contribution in [0.25, 0.3) is 0 Å². The topological polar surface area (TPSA) is 57.2 Å². The Bertz CT molecular complexity index is 204. The lowest BCUT2D eigenvalue weighted by molar-refractivity contribution is -0.145. The molecule has 113 valence electrons. The van der Waals surface area contributed by atoms with Crippen LogP contribution in [0.5, 0.6) is 0 Å². The van der Waals surface area contributed by atoms with E-state index in [1.165, 1.54) is 57.8 Å². The van der Waals surface area contributed by atoms with Crippen molar-refractivity contribution in [2.24, 2.45) is 0 Å². The number of rotatable bonds is 14. The van der Waals surface area contributed by atoms with E-state index in [0.717, 1.165) is 12.8 Å². The smallest absolute Gasteiger partial charge is 0.358 e. The Balaban J connectivity index is 3.08. The number of carbonyl (C=O) groups is 1. The SMILES string of the molecule is CCCCCCCCCCCCC[C@@H](O)CC([O])=O. The summed E-state index contributed by atoms with van der Waals surface area (Å²) in [5.74, 6) is -1.16. The van der Waals surface area contributed by atoms with E-state index in [1.807, 2.05) is 0 Å². The first-order chi connectivity index (χ1) is 9.16. The van der Waals surface area contributed by atoms with Gasteiger partial charge in [-0.25, -0.2) is 9.90 Å². The highest BCUT2D eigenvalue weighted by molar-refractivity contribution is 5.66. The average molecular weight is 271 g/mol. The molecule has 0 fully saturated rings. The molecule has 3 nitrogen and oxygen atoms in total. The molecule has 3 heteroatoms. The van der Waals surface area contributed by atoms with E-state index in [1.54, 1.807) is 0 Å². The molecular formula is C16H31O3. The highest BCUT2D eigenvalue weighted by atomic mass is 16.4. The molecule has 1 radical (unpaired) electrons. The number of aliphatic hydroxyl groups is 1. The van der Waals surface area contributed by atoms with Gasteiger partial charge in [0.05, 0.1) is 12.5 Å². The van der Waals surface area contributed by atoms with E-state index in [2.05, 4.69) is 6.92 Å². The number of aliphatic hydroxyl groups excluding tert-OH is 1. The highest BCUT2D eigenvalue weighted by Crippen LogP contribution is 2.13. The minimum atomic E-state index is -1.16. The van der Waals surface area contributed by atoms with Crippen LogP contribution in [-0.2, 0) is 9.90 Å². The maximum atomic E-state index is 10.2. The first-order valence-electron chi connectivity index (χ1n) is 8.04. The fourth-order valence-electron chi connectivity index (χ4n) is 2.34. The van der Waals surface area contributed by atoms with Crippen molar-refractivity contribution in [1.82, 2.24) is 0 Å². The van der Waals surface area contributed by atoms with Gasteiger partial charge >= 0.3 is 5.97 Å². The van der Waals surface area contributed by atoms with E-state index in [9.17, 15) is 15.0 Å². The third-order valence-electron chi connectivity index (χ3n) is 3.54. The summed E-state index contributed by atoms with van der Waals surface area (Å²) in [6.07, 6.45) is 13.6. The Kier molecular flexibility index (Phi) is 13.4. The molecule has 0 aromatic heterocycles. The lowest BCUT2D eigenvalue weighted by atomic mass is 10.0. The molecule has 0 spiro atoms. The second-order valence-corrected chi connectivity index (χ2v) is 5.55. The van der Waals surface area contributed by atoms with E-state index in [0.29, 0.717) is 6.42 Å². The molecule has 0 aliphatic carbocycles. The summed E-state index contributed by atoms with van der Waals surface area (Å²) in [6, 6.07) is 0. The molecule has 1 N–H and O–H groups in total. The van der Waals surface area contributed by atoms with Crippen LogP contribution in [0.1, 0.15) is 90.4 Å². The Labute approximate surface area is 118 Å². The Morgan fingerprint density at radius 2 is 1.26 bits per heavy atom. The Morgan fingerprint density at radius 3 is 1.68 bits per heavy atom. The first-order valence-corrected chi connectivity index (χ1v) is 8.04. The zero-order chi connectivity index (χ0) is 14.3. The molecule has 0 saturated heterocycles. The molecule has 0 unspecified atom stereocenters. The van der Waals surface area contributed by atoms with Crippen molar-refractivity contribution in [2.45, 2.75) is 96.5 Å². The van der Waals surface area contributed by atoms with E-state index in [-0.39, 0.29) is 6.42 Å². The van der Waals surface area contributed by atoms with Gasteiger partial charge in [0, 0.05) is 0 Å². The molecule has 19 heavy (non-hydrogen) atoms. The van der Waals surface area contributed by atoms with Crippen LogP contribution in [0.2, 0.25) is 0 Å². The Hall–Kier alpha value is -0.570. The summed E-state index contributed by atoms with van der Waals surface area (Å²) in [5, 5.41) is 19.6. The van der Waals surface area contributed by atoms with Crippen molar-refractivity contribution >= 4 is 5.97 Å². The fourth-order valence-corrected chi connectivity index (χ4v) is 2.34. The fraction of sp³-hybridized carbons (Fsp3) is 0.938. The molecule has 0 aromatic carbocycles. The average Bonchev–Trinajstić information content (AvgIpc) is 2.35. The number of hydrogen-bond acceptors (Lipinski definition) is 2. The van der Waals surface area contributed by atoms with Crippen molar-refractivity contribution in [1.29, 1.82) is 0 Å². The van der Waals surface area contributed by atoms with Crippen molar-refractivity contribution in [3.05, 3.63) is 0 Å². The van der Waals surface area contributed by atoms with Gasteiger partial charge in [-0.05, 0) is 6.42 Å². The lowest BCUT2D eigenvalue weighted by Crippen LogP contribution is -2.11. The summed E-state index contributed by atoms with van der Waals surface area (Å²) in [5.41, 5.74) is 0. The molecule has 0 amide bonds. The van der Waals surface area contributed by atoms with E-state index >= 15 is 0 Å². The normalized spacial score (nSPS) is 12.5. The summed E-state index contributed by atoms with van der Waals surface area (Å²) >= 11 is 0. The first kappa shape index (κ1) is 18.4. The van der Waals surface area contributed by atoms with Crippen molar-refractivity contribution < 1.29 is 15.0 Å². The van der Waals surface area contributed by atoms with Crippen molar-refractivity contribution in [3.63, 3.8) is 0 Å². The molecule has 0 aliphatic heterocycles. The summed E-state index contributed by atoms with van der Waals surface area (Å²) in [7, 11) is 0. The van der Waals surface area contributed by atoms with Gasteiger partial charge in [0.25, 0.3) is 0 Å². The summed E-state index contributed by atoms with van der Waals surface area (Å²) in [4.78, 5) is 10.2. The molecule has 0 heterocycles. The van der Waals surface area contributed by atoms with Gasteiger partial charge in [0.1, 0.15) is 0 Å². The summed E-state index contributed by atoms with van der Waals surface area (Å²) in [6.45, 7) is 2.24. The maximum Gasteiger partial charge on any atom is 0.358 e. The zero-order valence-electron chi connectivity index (χ0n) is 12.5. The monoisotopic (exact) mass is 271 g/mol. The largest absolute Gasteiger partial charge is 0.393 e. The van der Waals surface area contributed by atoms with Gasteiger partial charge in [-0.2, -0.15) is 0 Å². The quantitative estimate of drug-likeness (QED) is 0.476. The molecule has 0 aromatic rings. The highest BCUT2D eigenvalue weighted by Gasteiger charge is 2.09. The lowest BCUT2D eigenvalue weighted by Gasteiger charge is -2.06. The van der Waals surface area contributed by atoms with Crippen LogP contribution < -0.4 is 0 Å². The second kappa shape index (κ2) is 13.9. The van der Waals surface area contributed by atoms with Gasteiger partial charge in [0.15, 0.2) is 0 Å². The minimum Gasteiger partial charge on any atom is -0.393 e. The van der Waals surface area contributed by atoms with Gasteiger partial charge < -0.3 is 5.11 Å². The van der Waals surface area contributed by atoms with Crippen molar-refractivity contribution in [2.75, 3.05) is 0 Å². The number of hydrogen-bond donors (Lipinski definition) is 1. The van der Waals surface area contributed by atoms with Gasteiger partial charge in [-0.3, -0.25) is 0 Å². The van der Waals surface area contributed by atoms with Crippen LogP contribution in [0.15, 0.2) is 0 Å². The number of carbonyl (C=O) groups excluding carboxylic acids is 1.